The van der Waals surface area contributed by atoms with Gasteiger partial charge in [0, 0.05) is 30.3 Å². The topological polar surface area (TPSA) is 117 Å². The fourth-order valence-corrected chi connectivity index (χ4v) is 4.65. The summed E-state index contributed by atoms with van der Waals surface area (Å²) in [5.41, 5.74) is 8.22. The van der Waals surface area contributed by atoms with Crippen LogP contribution < -0.4 is 16.4 Å². The number of carbonyl (C=O) groups is 2. The molecule has 4 aromatic rings. The first kappa shape index (κ1) is 23.4. The number of benzene rings is 2. The molecular formula is C26H26N4O3S. The molecule has 2 heterocycles. The van der Waals surface area contributed by atoms with Crippen LogP contribution in [0.4, 0.5) is 5.82 Å². The molecule has 0 unspecified atom stereocenters. The minimum absolute atomic E-state index is 0.166. The molecule has 0 bridgehead atoms. The van der Waals surface area contributed by atoms with Crippen molar-refractivity contribution in [2.75, 3.05) is 5.73 Å². The van der Waals surface area contributed by atoms with Crippen LogP contribution in [0.25, 0.3) is 10.1 Å². The van der Waals surface area contributed by atoms with E-state index in [1.165, 1.54) is 0 Å². The molecule has 0 aliphatic rings. The van der Waals surface area contributed by atoms with Gasteiger partial charge in [-0.3, -0.25) is 9.59 Å². The Labute approximate surface area is 201 Å². The molecule has 8 heteroatoms. The van der Waals surface area contributed by atoms with Gasteiger partial charge in [-0.1, -0.05) is 54.6 Å². The van der Waals surface area contributed by atoms with E-state index >= 15 is 0 Å². The highest BCUT2D eigenvalue weighted by Gasteiger charge is 2.26. The molecule has 4 rings (SSSR count). The number of aliphatic hydroxyl groups is 1. The van der Waals surface area contributed by atoms with E-state index in [9.17, 15) is 14.7 Å². The summed E-state index contributed by atoms with van der Waals surface area (Å²) in [6, 6.07) is 19.8. The number of rotatable bonds is 9. The molecule has 0 saturated heterocycles. The van der Waals surface area contributed by atoms with Crippen LogP contribution in [0.3, 0.4) is 0 Å². The highest BCUT2D eigenvalue weighted by atomic mass is 32.1. The molecular weight excluding hydrogens is 448 g/mol. The van der Waals surface area contributed by atoms with Crippen molar-refractivity contribution in [3.05, 3.63) is 95.0 Å². The zero-order chi connectivity index (χ0) is 23.9. The van der Waals surface area contributed by atoms with Crippen LogP contribution in [0.2, 0.25) is 0 Å². The smallest absolute Gasteiger partial charge is 0.249 e. The number of hydrogen-bond acceptors (Lipinski definition) is 6. The van der Waals surface area contributed by atoms with Gasteiger partial charge in [0.1, 0.15) is 18.0 Å². The first-order valence-electron chi connectivity index (χ1n) is 10.9. The number of nitrogens with two attached hydrogens (primary N) is 1. The quantitative estimate of drug-likeness (QED) is 0.298. The van der Waals surface area contributed by atoms with Gasteiger partial charge in [-0.05, 0) is 39.6 Å². The van der Waals surface area contributed by atoms with Crippen molar-refractivity contribution in [1.29, 1.82) is 0 Å². The van der Waals surface area contributed by atoms with Crippen LogP contribution in [-0.4, -0.2) is 34.1 Å². The second-order valence-electron chi connectivity index (χ2n) is 8.04. The van der Waals surface area contributed by atoms with E-state index in [0.717, 1.165) is 26.8 Å². The molecule has 2 aromatic heterocycles. The Hall–Kier alpha value is -3.75. The largest absolute Gasteiger partial charge is 0.384 e. The highest BCUT2D eigenvalue weighted by molar-refractivity contribution is 7.17. The molecule has 0 aliphatic carbocycles. The van der Waals surface area contributed by atoms with Crippen molar-refractivity contribution >= 4 is 39.1 Å². The lowest BCUT2D eigenvalue weighted by atomic mass is 10.0. The number of amides is 2. The number of nitrogens with one attached hydrogen (secondary N) is 2. The standard InChI is InChI=1S/C26H26N4O3S/c27-24-11-10-18(14-28-24)15-29-25(32)21(13-19-16-34-23-9-5-4-8-20(19)23)30-26(33)22(31)12-17-6-2-1-3-7-17/h1-11,14,16,21-22,31H,12-13,15H2,(H2,27,28)(H,29,32)(H,30,33)/t21-,22+/m0/s1. The van der Waals surface area contributed by atoms with E-state index in [2.05, 4.69) is 15.6 Å². The Morgan fingerprint density at radius 2 is 1.71 bits per heavy atom. The maximum Gasteiger partial charge on any atom is 0.249 e. The molecule has 34 heavy (non-hydrogen) atoms. The van der Waals surface area contributed by atoms with Crippen molar-refractivity contribution in [1.82, 2.24) is 15.6 Å². The summed E-state index contributed by atoms with van der Waals surface area (Å²) in [6.07, 6.45) is 0.802. The van der Waals surface area contributed by atoms with Gasteiger partial charge >= 0.3 is 0 Å². The van der Waals surface area contributed by atoms with Gasteiger partial charge in [-0.25, -0.2) is 4.98 Å². The Balaban J connectivity index is 1.48. The molecule has 2 atom stereocenters. The first-order valence-corrected chi connectivity index (χ1v) is 11.8. The fraction of sp³-hybridized carbons (Fsp3) is 0.192. The number of anilines is 1. The van der Waals surface area contributed by atoms with Crippen molar-refractivity contribution in [3.63, 3.8) is 0 Å². The first-order chi connectivity index (χ1) is 16.5. The van der Waals surface area contributed by atoms with Crippen LogP contribution in [0.15, 0.2) is 78.3 Å². The Kier molecular flexibility index (Phi) is 7.51. The van der Waals surface area contributed by atoms with Crippen LogP contribution in [-0.2, 0) is 29.0 Å². The number of hydrogen-bond donors (Lipinski definition) is 4. The minimum Gasteiger partial charge on any atom is -0.384 e. The molecule has 0 aliphatic heterocycles. The lowest BCUT2D eigenvalue weighted by Crippen LogP contribution is -2.51. The second kappa shape index (κ2) is 10.9. The molecule has 0 fully saturated rings. The van der Waals surface area contributed by atoms with Crippen molar-refractivity contribution in [3.8, 4) is 0 Å². The Morgan fingerprint density at radius 3 is 2.47 bits per heavy atom. The maximum atomic E-state index is 13.1. The summed E-state index contributed by atoms with van der Waals surface area (Å²) in [6.45, 7) is 0.245. The Bertz CT molecular complexity index is 1260. The lowest BCUT2D eigenvalue weighted by molar-refractivity contribution is -0.134. The third-order valence-corrected chi connectivity index (χ3v) is 6.52. The van der Waals surface area contributed by atoms with E-state index in [1.54, 1.807) is 29.7 Å². The van der Waals surface area contributed by atoms with E-state index < -0.39 is 18.1 Å². The van der Waals surface area contributed by atoms with Crippen LogP contribution in [0, 0.1) is 0 Å². The summed E-state index contributed by atoms with van der Waals surface area (Å²) < 4.78 is 1.11. The van der Waals surface area contributed by atoms with E-state index in [0.29, 0.717) is 12.2 Å². The van der Waals surface area contributed by atoms with Gasteiger partial charge in [0.2, 0.25) is 11.8 Å². The predicted octanol–water partition coefficient (Wildman–Crippen LogP) is 2.83. The maximum absolute atomic E-state index is 13.1. The third-order valence-electron chi connectivity index (χ3n) is 5.51. The van der Waals surface area contributed by atoms with Crippen LogP contribution >= 0.6 is 11.3 Å². The zero-order valence-corrected chi connectivity index (χ0v) is 19.3. The number of nitrogens with zero attached hydrogens (tertiary/aromatic N) is 1. The normalized spacial score (nSPS) is 12.7. The number of aliphatic hydroxyl groups excluding tert-OH is 1. The summed E-state index contributed by atoms with van der Waals surface area (Å²) in [5, 5.41) is 19.1. The SMILES string of the molecule is Nc1ccc(CNC(=O)[C@H](Cc2csc3ccccc23)NC(=O)[C@H](O)Cc2ccccc2)cn1. The van der Waals surface area contributed by atoms with Gasteiger partial charge in [-0.2, -0.15) is 0 Å². The van der Waals surface area contributed by atoms with Crippen LogP contribution in [0.5, 0.6) is 0 Å². The fourth-order valence-electron chi connectivity index (χ4n) is 3.67. The lowest BCUT2D eigenvalue weighted by Gasteiger charge is -2.20. The number of fused-ring (bicyclic) bond motifs is 1. The van der Waals surface area contributed by atoms with Crippen molar-refractivity contribution in [2.45, 2.75) is 31.5 Å². The number of carbonyl (C=O) groups excluding carboxylic acids is 2. The molecule has 7 nitrogen and oxygen atoms in total. The van der Waals surface area contributed by atoms with E-state index in [1.807, 2.05) is 60.0 Å². The molecule has 2 aromatic carbocycles. The second-order valence-corrected chi connectivity index (χ2v) is 8.95. The number of nitrogen functional groups attached to an aromatic ring is 1. The van der Waals surface area contributed by atoms with Gasteiger partial charge in [-0.15, -0.1) is 11.3 Å². The van der Waals surface area contributed by atoms with E-state index in [-0.39, 0.29) is 18.9 Å². The van der Waals surface area contributed by atoms with Crippen molar-refractivity contribution in [2.24, 2.45) is 0 Å². The van der Waals surface area contributed by atoms with Gasteiger partial charge in [0.05, 0.1) is 0 Å². The molecule has 0 saturated carbocycles. The summed E-state index contributed by atoms with van der Waals surface area (Å²) >= 11 is 1.59. The number of thiophene rings is 1. The van der Waals surface area contributed by atoms with Crippen LogP contribution in [0.1, 0.15) is 16.7 Å². The van der Waals surface area contributed by atoms with Gasteiger partial charge in [0.25, 0.3) is 0 Å². The summed E-state index contributed by atoms with van der Waals surface area (Å²) in [5.74, 6) is -0.526. The van der Waals surface area contributed by atoms with Gasteiger partial charge in [0.15, 0.2) is 0 Å². The number of pyridine rings is 1. The average molecular weight is 475 g/mol. The molecule has 0 radical (unpaired) electrons. The van der Waals surface area contributed by atoms with E-state index in [4.69, 9.17) is 5.73 Å². The predicted molar refractivity (Wildman–Crippen MR) is 134 cm³/mol. The van der Waals surface area contributed by atoms with Crippen molar-refractivity contribution < 1.29 is 14.7 Å². The average Bonchev–Trinajstić information content (AvgIpc) is 3.26. The summed E-state index contributed by atoms with van der Waals surface area (Å²) in [7, 11) is 0. The number of aromatic nitrogens is 1. The molecule has 5 N–H and O–H groups in total. The molecule has 174 valence electrons. The molecule has 0 spiro atoms. The Morgan fingerprint density at radius 1 is 0.941 bits per heavy atom. The summed E-state index contributed by atoms with van der Waals surface area (Å²) in [4.78, 5) is 30.0. The van der Waals surface area contributed by atoms with Gasteiger partial charge < -0.3 is 21.5 Å². The highest BCUT2D eigenvalue weighted by Crippen LogP contribution is 2.26. The third kappa shape index (κ3) is 5.98. The zero-order valence-electron chi connectivity index (χ0n) is 18.5. The molecule has 2 amide bonds. The minimum atomic E-state index is -1.27. The monoisotopic (exact) mass is 474 g/mol.